The minimum atomic E-state index is -4.19. The van der Waals surface area contributed by atoms with Crippen molar-refractivity contribution in [3.8, 4) is 5.75 Å². The Morgan fingerprint density at radius 3 is 2.39 bits per heavy atom. The monoisotopic (exact) mass is 442 g/mol. The number of methoxy groups -OCH3 is 1. The van der Waals surface area contributed by atoms with E-state index in [1.807, 2.05) is 13.0 Å². The summed E-state index contributed by atoms with van der Waals surface area (Å²) in [7, 11) is -1.01. The molecule has 0 saturated carbocycles. The summed E-state index contributed by atoms with van der Waals surface area (Å²) in [5, 5.41) is 15.7. The topological polar surface area (TPSA) is 112 Å². The van der Waals surface area contributed by atoms with Crippen LogP contribution in [0.5, 0.6) is 5.75 Å². The summed E-state index contributed by atoms with van der Waals surface area (Å²) in [5.41, 5.74) is 2.66. The zero-order valence-electron chi connectivity index (χ0n) is 17.7. The Labute approximate surface area is 182 Å². The first-order chi connectivity index (χ1) is 14.6. The minimum absolute atomic E-state index is 0.0961. The third kappa shape index (κ3) is 4.14. The van der Waals surface area contributed by atoms with E-state index in [1.54, 1.807) is 66.2 Å². The molecule has 0 bridgehead atoms. The fourth-order valence-electron chi connectivity index (χ4n) is 3.72. The molecule has 8 heteroatoms. The number of carbonyl (C=O) groups excluding carboxylic acids is 1. The summed E-state index contributed by atoms with van der Waals surface area (Å²) >= 11 is 0. The van der Waals surface area contributed by atoms with E-state index in [0.717, 1.165) is 5.56 Å². The molecule has 31 heavy (non-hydrogen) atoms. The Morgan fingerprint density at radius 2 is 1.81 bits per heavy atom. The minimum Gasteiger partial charge on any atom is -0.496 e. The number of ketones is 1. The number of ether oxygens (including phenoxy) is 1. The molecule has 1 aromatic heterocycles. The molecule has 1 unspecified atom stereocenters. The van der Waals surface area contributed by atoms with Crippen LogP contribution in [0.2, 0.25) is 0 Å². The summed E-state index contributed by atoms with van der Waals surface area (Å²) in [4.78, 5) is 13.2. The van der Waals surface area contributed by atoms with E-state index in [1.165, 1.54) is 7.11 Å². The number of nitrogens with zero attached hydrogens (tertiary/aromatic N) is 1. The van der Waals surface area contributed by atoms with Gasteiger partial charge in [0.25, 0.3) is 0 Å². The van der Waals surface area contributed by atoms with Gasteiger partial charge in [-0.05, 0) is 42.3 Å². The van der Waals surface area contributed by atoms with Crippen LogP contribution in [0.3, 0.4) is 0 Å². The fourth-order valence-corrected chi connectivity index (χ4v) is 4.72. The molecular formula is C23H26N2O5S. The second-order valence-corrected chi connectivity index (χ2v) is 9.41. The highest BCUT2D eigenvalue weighted by Gasteiger charge is 2.44. The van der Waals surface area contributed by atoms with Crippen LogP contribution in [0.25, 0.3) is 0 Å². The lowest BCUT2D eigenvalue weighted by Crippen LogP contribution is -2.46. The molecule has 0 spiro atoms. The van der Waals surface area contributed by atoms with Gasteiger partial charge in [0, 0.05) is 19.2 Å². The van der Waals surface area contributed by atoms with Gasteiger partial charge < -0.3 is 14.4 Å². The second-order valence-electron chi connectivity index (χ2n) is 7.54. The molecule has 0 aliphatic carbocycles. The molecule has 0 fully saturated rings. The van der Waals surface area contributed by atoms with E-state index in [0.29, 0.717) is 28.3 Å². The maximum absolute atomic E-state index is 13.2. The number of hydrogen-bond acceptors (Lipinski definition) is 5. The zero-order chi connectivity index (χ0) is 22.8. The highest BCUT2D eigenvalue weighted by atomic mass is 32.2. The van der Waals surface area contributed by atoms with Crippen molar-refractivity contribution in [1.82, 2.24) is 4.57 Å². The van der Waals surface area contributed by atoms with Crippen molar-refractivity contribution < 1.29 is 23.1 Å². The number of benzene rings is 2. The van der Waals surface area contributed by atoms with Crippen LogP contribution in [0.4, 0.5) is 0 Å². The molecule has 3 rings (SSSR count). The molecule has 3 N–H and O–H groups in total. The summed E-state index contributed by atoms with van der Waals surface area (Å²) in [5.74, 6) is 0.210. The van der Waals surface area contributed by atoms with E-state index in [9.17, 15) is 18.3 Å². The van der Waals surface area contributed by atoms with Gasteiger partial charge in [-0.3, -0.25) is 4.79 Å². The van der Waals surface area contributed by atoms with E-state index >= 15 is 0 Å². The van der Waals surface area contributed by atoms with Crippen LogP contribution in [0.1, 0.15) is 32.9 Å². The average Bonchev–Trinajstić information content (AvgIpc) is 3.11. The lowest BCUT2D eigenvalue weighted by Gasteiger charge is -2.30. The largest absolute Gasteiger partial charge is 0.496 e. The summed E-state index contributed by atoms with van der Waals surface area (Å²) in [6.07, 6.45) is -0.0961. The van der Waals surface area contributed by atoms with Gasteiger partial charge in [-0.15, -0.1) is 0 Å². The number of aliphatic hydroxyl groups is 1. The van der Waals surface area contributed by atoms with E-state index in [-0.39, 0.29) is 12.2 Å². The molecule has 1 atom stereocenters. The number of nitrogens with two attached hydrogens (primary N) is 1. The van der Waals surface area contributed by atoms with Gasteiger partial charge in [-0.2, -0.15) is 0 Å². The maximum Gasteiger partial charge on any atom is 0.221 e. The van der Waals surface area contributed by atoms with Gasteiger partial charge in [-0.25, -0.2) is 13.6 Å². The maximum atomic E-state index is 13.2. The van der Waals surface area contributed by atoms with Crippen molar-refractivity contribution in [2.75, 3.05) is 13.7 Å². The van der Waals surface area contributed by atoms with Gasteiger partial charge in [0.2, 0.25) is 15.8 Å². The summed E-state index contributed by atoms with van der Waals surface area (Å²) in [6.45, 7) is 1.21. The Bertz CT molecular complexity index is 1200. The number of sulfonamides is 1. The van der Waals surface area contributed by atoms with Crippen molar-refractivity contribution in [3.05, 3.63) is 88.7 Å². The quantitative estimate of drug-likeness (QED) is 0.520. The van der Waals surface area contributed by atoms with Crippen molar-refractivity contribution in [1.29, 1.82) is 0 Å². The standard InChI is InChI=1S/C23H26N2O5S/c1-16-9-11-19(21(13-16)30-3)22(27)20-12-10-18(25(20)2)14-23(15-26,31(24,28)29)17-7-5-4-6-8-17/h4-13,26H,14-15H2,1-3H3,(H2,24,28,29). The molecule has 7 nitrogen and oxygen atoms in total. The van der Waals surface area contributed by atoms with Crippen molar-refractivity contribution >= 4 is 15.8 Å². The molecule has 2 aromatic carbocycles. The van der Waals surface area contributed by atoms with E-state index in [2.05, 4.69) is 0 Å². The van der Waals surface area contributed by atoms with Crippen LogP contribution in [-0.4, -0.2) is 37.6 Å². The lowest BCUT2D eigenvalue weighted by atomic mass is 9.94. The Balaban J connectivity index is 2.05. The molecule has 3 aromatic rings. The molecular weight excluding hydrogens is 416 g/mol. The van der Waals surface area contributed by atoms with E-state index in [4.69, 9.17) is 9.88 Å². The van der Waals surface area contributed by atoms with Gasteiger partial charge in [-0.1, -0.05) is 36.4 Å². The third-order valence-corrected chi connectivity index (χ3v) is 7.23. The molecule has 164 valence electrons. The molecule has 0 aliphatic rings. The van der Waals surface area contributed by atoms with Gasteiger partial charge in [0.1, 0.15) is 10.5 Å². The van der Waals surface area contributed by atoms with Gasteiger partial charge >= 0.3 is 0 Å². The van der Waals surface area contributed by atoms with Gasteiger partial charge in [0.05, 0.1) is 25.0 Å². The Morgan fingerprint density at radius 1 is 1.13 bits per heavy atom. The third-order valence-electron chi connectivity index (χ3n) is 5.63. The Kier molecular flexibility index (Phi) is 6.35. The van der Waals surface area contributed by atoms with Crippen LogP contribution >= 0.6 is 0 Å². The normalized spacial score (nSPS) is 13.6. The smallest absolute Gasteiger partial charge is 0.221 e. The SMILES string of the molecule is COc1cc(C)ccc1C(=O)c1ccc(CC(CO)(c2ccccc2)S(N)(=O)=O)n1C. The van der Waals surface area contributed by atoms with Crippen LogP contribution in [0, 0.1) is 6.92 Å². The first-order valence-electron chi connectivity index (χ1n) is 9.67. The molecule has 0 radical (unpaired) electrons. The fraction of sp³-hybridized carbons (Fsp3) is 0.261. The predicted octanol–water partition coefficient (Wildman–Crippen LogP) is 2.29. The average molecular weight is 443 g/mol. The summed E-state index contributed by atoms with van der Waals surface area (Å²) < 4.78 is 30.5. The first kappa shape index (κ1) is 22.7. The highest BCUT2D eigenvalue weighted by Crippen LogP contribution is 2.33. The van der Waals surface area contributed by atoms with Crippen LogP contribution < -0.4 is 9.88 Å². The van der Waals surface area contributed by atoms with Crippen molar-refractivity contribution in [2.45, 2.75) is 18.1 Å². The van der Waals surface area contributed by atoms with E-state index < -0.39 is 21.4 Å². The number of aryl methyl sites for hydroxylation is 1. The number of primary sulfonamides is 1. The first-order valence-corrected chi connectivity index (χ1v) is 11.2. The molecule has 0 aliphatic heterocycles. The Hall–Kier alpha value is -2.94. The predicted molar refractivity (Wildman–Crippen MR) is 119 cm³/mol. The second kappa shape index (κ2) is 8.66. The number of aliphatic hydroxyl groups excluding tert-OH is 1. The molecule has 0 amide bonds. The number of carbonyl (C=O) groups is 1. The van der Waals surface area contributed by atoms with Crippen molar-refractivity contribution in [2.24, 2.45) is 12.2 Å². The lowest BCUT2D eigenvalue weighted by molar-refractivity contribution is 0.102. The zero-order valence-corrected chi connectivity index (χ0v) is 18.5. The van der Waals surface area contributed by atoms with Gasteiger partial charge in [0.15, 0.2) is 0 Å². The van der Waals surface area contributed by atoms with Crippen LogP contribution in [-0.2, 0) is 28.2 Å². The number of rotatable bonds is 8. The summed E-state index contributed by atoms with van der Waals surface area (Å²) in [6, 6.07) is 17.0. The number of hydrogen-bond donors (Lipinski definition) is 2. The van der Waals surface area contributed by atoms with Crippen molar-refractivity contribution in [3.63, 3.8) is 0 Å². The molecule has 0 saturated heterocycles. The molecule has 1 heterocycles. The number of aromatic nitrogens is 1. The van der Waals surface area contributed by atoms with Crippen LogP contribution in [0.15, 0.2) is 60.7 Å². The highest BCUT2D eigenvalue weighted by molar-refractivity contribution is 7.90.